The van der Waals surface area contributed by atoms with E-state index < -0.39 is 23.3 Å². The minimum absolute atomic E-state index is 0.0881. The number of hydrogen-bond acceptors (Lipinski definition) is 3. The Morgan fingerprint density at radius 1 is 1.12 bits per heavy atom. The molecule has 0 bridgehead atoms. The third-order valence-electron chi connectivity index (χ3n) is 2.52. The smallest absolute Gasteiger partial charge is 0.362 e. The van der Waals surface area contributed by atoms with E-state index in [-0.39, 0.29) is 5.56 Å². The zero-order valence-corrected chi connectivity index (χ0v) is 8.25. The van der Waals surface area contributed by atoms with Crippen LogP contribution in [0.1, 0.15) is 18.1 Å². The summed E-state index contributed by atoms with van der Waals surface area (Å²) in [5.74, 6) is -5.60. The van der Waals surface area contributed by atoms with Crippen molar-refractivity contribution in [3.05, 3.63) is 35.4 Å². The summed E-state index contributed by atoms with van der Waals surface area (Å²) < 4.78 is 42.4. The van der Waals surface area contributed by atoms with Crippen molar-refractivity contribution in [1.29, 1.82) is 0 Å². The van der Waals surface area contributed by atoms with E-state index in [1.165, 1.54) is 18.2 Å². The van der Waals surface area contributed by atoms with Gasteiger partial charge in [-0.15, -0.1) is 0 Å². The van der Waals surface area contributed by atoms with Gasteiger partial charge in [-0.05, 0) is 6.92 Å². The van der Waals surface area contributed by atoms with E-state index in [0.29, 0.717) is 0 Å². The number of fused-ring (bicyclic) bond motifs is 1. The van der Waals surface area contributed by atoms with Crippen molar-refractivity contribution in [1.82, 2.24) is 0 Å². The topological polar surface area (TPSA) is 49.7 Å². The van der Waals surface area contributed by atoms with E-state index in [1.807, 2.05) is 0 Å². The van der Waals surface area contributed by atoms with Crippen molar-refractivity contribution in [2.45, 2.75) is 24.7 Å². The molecule has 2 atom stereocenters. The van der Waals surface area contributed by atoms with Gasteiger partial charge in [-0.1, -0.05) is 24.3 Å². The molecule has 1 heterocycles. The van der Waals surface area contributed by atoms with Crippen molar-refractivity contribution in [3.63, 3.8) is 0 Å². The number of alkyl halides is 3. The summed E-state index contributed by atoms with van der Waals surface area (Å²) in [5, 5.41) is 19.2. The van der Waals surface area contributed by atoms with Crippen LogP contribution >= 0.6 is 0 Å². The lowest BCUT2D eigenvalue weighted by atomic mass is 9.98. The molecule has 16 heavy (non-hydrogen) atoms. The Labute approximate surface area is 89.1 Å². The van der Waals surface area contributed by atoms with Gasteiger partial charge < -0.3 is 14.9 Å². The predicted octanol–water partition coefficient (Wildman–Crippen LogP) is 1.59. The lowest BCUT2D eigenvalue weighted by Gasteiger charge is -2.28. The van der Waals surface area contributed by atoms with Gasteiger partial charge in [0.2, 0.25) is 0 Å². The van der Waals surface area contributed by atoms with Gasteiger partial charge in [-0.25, -0.2) is 0 Å². The van der Waals surface area contributed by atoms with Crippen molar-refractivity contribution < 1.29 is 28.1 Å². The van der Waals surface area contributed by atoms with Crippen LogP contribution in [-0.2, 0) is 16.3 Å². The fourth-order valence-electron chi connectivity index (χ4n) is 1.79. The van der Waals surface area contributed by atoms with Gasteiger partial charge >= 0.3 is 6.18 Å². The summed E-state index contributed by atoms with van der Waals surface area (Å²) in [4.78, 5) is 0. The van der Waals surface area contributed by atoms with Crippen molar-refractivity contribution in [3.8, 4) is 0 Å². The summed E-state index contributed by atoms with van der Waals surface area (Å²) in [6.45, 7) is 1.05. The number of rotatable bonds is 0. The minimum Gasteiger partial charge on any atom is -0.362 e. The minimum atomic E-state index is -5.01. The quantitative estimate of drug-likeness (QED) is 0.716. The first-order chi connectivity index (χ1) is 7.18. The summed E-state index contributed by atoms with van der Waals surface area (Å²) in [6.07, 6.45) is -5.01. The largest absolute Gasteiger partial charge is 0.448 e. The zero-order valence-electron chi connectivity index (χ0n) is 8.25. The molecule has 0 aliphatic carbocycles. The van der Waals surface area contributed by atoms with Crippen molar-refractivity contribution in [2.75, 3.05) is 0 Å². The Bertz CT molecular complexity index is 428. The van der Waals surface area contributed by atoms with Gasteiger partial charge in [0.15, 0.2) is 5.79 Å². The van der Waals surface area contributed by atoms with Gasteiger partial charge in [-0.3, -0.25) is 0 Å². The van der Waals surface area contributed by atoms with Crippen molar-refractivity contribution >= 4 is 0 Å². The molecule has 0 aromatic heterocycles. The summed E-state index contributed by atoms with van der Waals surface area (Å²) in [5.41, 5.74) is -0.567. The highest BCUT2D eigenvalue weighted by atomic mass is 19.4. The SMILES string of the molecule is CC1(O)OC(O)(C(F)(F)F)c2ccccc21. The Kier molecular flexibility index (Phi) is 2.11. The van der Waals surface area contributed by atoms with Gasteiger partial charge in [0.1, 0.15) is 0 Å². The first kappa shape index (κ1) is 11.4. The van der Waals surface area contributed by atoms with Crippen molar-refractivity contribution in [2.24, 2.45) is 0 Å². The highest BCUT2D eigenvalue weighted by Crippen LogP contribution is 2.51. The molecule has 0 saturated carbocycles. The maximum Gasteiger partial charge on any atom is 0.448 e. The Hall–Kier alpha value is -1.11. The summed E-state index contributed by atoms with van der Waals surface area (Å²) >= 11 is 0. The third-order valence-corrected chi connectivity index (χ3v) is 2.52. The van der Waals surface area contributed by atoms with E-state index in [0.717, 1.165) is 13.0 Å². The van der Waals surface area contributed by atoms with Crippen LogP contribution in [0.15, 0.2) is 24.3 Å². The van der Waals surface area contributed by atoms with E-state index in [2.05, 4.69) is 4.74 Å². The monoisotopic (exact) mass is 234 g/mol. The maximum absolute atomic E-state index is 12.7. The van der Waals surface area contributed by atoms with Gasteiger partial charge in [-0.2, -0.15) is 13.2 Å². The Morgan fingerprint density at radius 2 is 1.62 bits per heavy atom. The number of halogens is 3. The van der Waals surface area contributed by atoms with E-state index in [9.17, 15) is 23.4 Å². The van der Waals surface area contributed by atoms with Crippen LogP contribution in [-0.4, -0.2) is 16.4 Å². The lowest BCUT2D eigenvalue weighted by molar-refractivity contribution is -0.418. The maximum atomic E-state index is 12.7. The molecule has 1 aromatic rings. The second-order valence-electron chi connectivity index (χ2n) is 3.77. The molecule has 2 N–H and O–H groups in total. The van der Waals surface area contributed by atoms with E-state index in [4.69, 9.17) is 0 Å². The molecule has 2 unspecified atom stereocenters. The molecular formula is C10H9F3O3. The summed E-state index contributed by atoms with van der Waals surface area (Å²) in [6, 6.07) is 5.14. The third kappa shape index (κ3) is 1.34. The molecule has 0 saturated heterocycles. The van der Waals surface area contributed by atoms with Gasteiger partial charge in [0, 0.05) is 11.1 Å². The molecule has 88 valence electrons. The average molecular weight is 234 g/mol. The normalized spacial score (nSPS) is 33.9. The fraction of sp³-hybridized carbons (Fsp3) is 0.400. The zero-order chi connectivity index (χ0) is 12.2. The van der Waals surface area contributed by atoms with E-state index >= 15 is 0 Å². The standard InChI is InChI=1S/C10H9F3O3/c1-8(14)6-4-2-3-5-7(6)9(15,16-8)10(11,12)13/h2-5,14-15H,1H3. The molecule has 1 aromatic carbocycles. The van der Waals surface area contributed by atoms with Gasteiger partial charge in [0.25, 0.3) is 5.79 Å². The molecule has 2 rings (SSSR count). The second kappa shape index (κ2) is 2.97. The van der Waals surface area contributed by atoms with Crippen LogP contribution in [0, 0.1) is 0 Å². The number of ether oxygens (including phenoxy) is 1. The van der Waals surface area contributed by atoms with Crippen LogP contribution in [0.2, 0.25) is 0 Å². The number of aliphatic hydroxyl groups is 2. The molecule has 0 radical (unpaired) electrons. The highest BCUT2D eigenvalue weighted by molar-refractivity contribution is 5.38. The molecule has 0 amide bonds. The van der Waals surface area contributed by atoms with Crippen LogP contribution < -0.4 is 0 Å². The molecule has 1 aliphatic rings. The van der Waals surface area contributed by atoms with Crippen LogP contribution in [0.25, 0.3) is 0 Å². The molecular weight excluding hydrogens is 225 g/mol. The fourth-order valence-corrected chi connectivity index (χ4v) is 1.79. The first-order valence-corrected chi connectivity index (χ1v) is 4.50. The summed E-state index contributed by atoms with van der Waals surface area (Å²) in [7, 11) is 0. The van der Waals surface area contributed by atoms with Crippen LogP contribution in [0.4, 0.5) is 13.2 Å². The molecule has 3 nitrogen and oxygen atoms in total. The van der Waals surface area contributed by atoms with Crippen LogP contribution in [0.3, 0.4) is 0 Å². The number of hydrogen-bond donors (Lipinski definition) is 2. The molecule has 6 heteroatoms. The molecule has 1 aliphatic heterocycles. The first-order valence-electron chi connectivity index (χ1n) is 4.50. The molecule has 0 fully saturated rings. The van der Waals surface area contributed by atoms with Crippen LogP contribution in [0.5, 0.6) is 0 Å². The predicted molar refractivity (Wildman–Crippen MR) is 47.0 cm³/mol. The highest BCUT2D eigenvalue weighted by Gasteiger charge is 2.65. The molecule has 0 spiro atoms. The second-order valence-corrected chi connectivity index (χ2v) is 3.77. The lowest BCUT2D eigenvalue weighted by Crippen LogP contribution is -2.44. The average Bonchev–Trinajstić information content (AvgIpc) is 2.36. The Balaban J connectivity index is 2.65. The van der Waals surface area contributed by atoms with E-state index in [1.54, 1.807) is 0 Å². The van der Waals surface area contributed by atoms with Gasteiger partial charge in [0.05, 0.1) is 0 Å². The number of benzene rings is 1. The Morgan fingerprint density at radius 3 is 2.12 bits per heavy atom.